The summed E-state index contributed by atoms with van der Waals surface area (Å²) in [5.41, 5.74) is 2.51. The van der Waals surface area contributed by atoms with E-state index in [0.29, 0.717) is 19.6 Å². The van der Waals surface area contributed by atoms with Gasteiger partial charge in [-0.15, -0.1) is 0 Å². The van der Waals surface area contributed by atoms with Crippen molar-refractivity contribution in [3.05, 3.63) is 35.4 Å². The fourth-order valence-electron chi connectivity index (χ4n) is 3.53. The van der Waals surface area contributed by atoms with E-state index in [1.165, 1.54) is 33.8 Å². The van der Waals surface area contributed by atoms with Crippen LogP contribution in [0.25, 0.3) is 0 Å². The Labute approximate surface area is 144 Å². The van der Waals surface area contributed by atoms with Gasteiger partial charge < -0.3 is 4.90 Å². The monoisotopic (exact) mass is 351 g/mol. The first kappa shape index (κ1) is 17.4. The molecule has 0 N–H and O–H groups in total. The second-order valence-corrected chi connectivity index (χ2v) is 8.91. The molecule has 2 heterocycles. The lowest BCUT2D eigenvalue weighted by atomic mass is 9.95. The quantitative estimate of drug-likeness (QED) is 0.819. The molecule has 0 aliphatic carbocycles. The zero-order valence-electron chi connectivity index (χ0n) is 14.3. The van der Waals surface area contributed by atoms with Gasteiger partial charge in [0.25, 0.3) is 10.2 Å². The molecular formula is C17H25N3O3S. The molecular weight excluding hydrogens is 326 g/mol. The lowest BCUT2D eigenvalue weighted by Crippen LogP contribution is -2.50. The van der Waals surface area contributed by atoms with Crippen LogP contribution in [0.5, 0.6) is 0 Å². The summed E-state index contributed by atoms with van der Waals surface area (Å²) in [6.45, 7) is 2.13. The number of hydrogen-bond donors (Lipinski definition) is 0. The molecule has 1 amide bonds. The number of fused-ring (bicyclic) bond motifs is 1. The van der Waals surface area contributed by atoms with Crippen LogP contribution in [0.1, 0.15) is 24.0 Å². The number of rotatable bonds is 3. The molecule has 0 spiro atoms. The van der Waals surface area contributed by atoms with Crippen molar-refractivity contribution in [3.63, 3.8) is 0 Å². The number of amides is 1. The van der Waals surface area contributed by atoms with E-state index >= 15 is 0 Å². The van der Waals surface area contributed by atoms with Crippen LogP contribution in [0.2, 0.25) is 0 Å². The van der Waals surface area contributed by atoms with Crippen molar-refractivity contribution in [1.29, 1.82) is 0 Å². The molecule has 3 rings (SSSR count). The number of piperidine rings is 1. The van der Waals surface area contributed by atoms with Gasteiger partial charge >= 0.3 is 0 Å². The second-order valence-electron chi connectivity index (χ2n) is 6.77. The SMILES string of the molecule is CN(C)S(=O)(=O)N1CCC[C@H](C(=O)N2CCc3ccccc3C2)C1. The Morgan fingerprint density at radius 2 is 1.88 bits per heavy atom. The van der Waals surface area contributed by atoms with Crippen molar-refractivity contribution in [2.75, 3.05) is 33.7 Å². The summed E-state index contributed by atoms with van der Waals surface area (Å²) in [6.07, 6.45) is 2.36. The van der Waals surface area contributed by atoms with Crippen LogP contribution in [-0.2, 0) is 28.0 Å². The van der Waals surface area contributed by atoms with Gasteiger partial charge in [0.1, 0.15) is 0 Å². The van der Waals surface area contributed by atoms with Crippen LogP contribution in [0.3, 0.4) is 0 Å². The van der Waals surface area contributed by atoms with Crippen molar-refractivity contribution in [2.24, 2.45) is 5.92 Å². The number of benzene rings is 1. The largest absolute Gasteiger partial charge is 0.338 e. The zero-order chi connectivity index (χ0) is 17.3. The lowest BCUT2D eigenvalue weighted by molar-refractivity contribution is -0.137. The van der Waals surface area contributed by atoms with Crippen molar-refractivity contribution in [1.82, 2.24) is 13.5 Å². The maximum absolute atomic E-state index is 12.9. The van der Waals surface area contributed by atoms with Crippen molar-refractivity contribution in [3.8, 4) is 0 Å². The third kappa shape index (κ3) is 3.34. The average molecular weight is 351 g/mol. The van der Waals surface area contributed by atoms with Crippen LogP contribution in [0.4, 0.5) is 0 Å². The van der Waals surface area contributed by atoms with Crippen LogP contribution in [-0.4, -0.2) is 61.6 Å². The number of hydrogen-bond acceptors (Lipinski definition) is 3. The molecule has 1 fully saturated rings. The van der Waals surface area contributed by atoms with Crippen molar-refractivity contribution < 1.29 is 13.2 Å². The molecule has 0 saturated carbocycles. The summed E-state index contributed by atoms with van der Waals surface area (Å²) in [5, 5.41) is 0. The summed E-state index contributed by atoms with van der Waals surface area (Å²) in [7, 11) is -0.390. The molecule has 0 unspecified atom stereocenters. The summed E-state index contributed by atoms with van der Waals surface area (Å²) in [6, 6.07) is 8.21. The Morgan fingerprint density at radius 1 is 1.17 bits per heavy atom. The summed E-state index contributed by atoms with van der Waals surface area (Å²) < 4.78 is 27.3. The number of carbonyl (C=O) groups excluding carboxylic acids is 1. The van der Waals surface area contributed by atoms with Crippen molar-refractivity contribution in [2.45, 2.75) is 25.8 Å². The maximum atomic E-state index is 12.9. The van der Waals surface area contributed by atoms with E-state index in [9.17, 15) is 13.2 Å². The summed E-state index contributed by atoms with van der Waals surface area (Å²) in [5.74, 6) is -0.151. The van der Waals surface area contributed by atoms with E-state index in [-0.39, 0.29) is 18.4 Å². The van der Waals surface area contributed by atoms with Gasteiger partial charge in [-0.1, -0.05) is 24.3 Å². The van der Waals surface area contributed by atoms with E-state index in [2.05, 4.69) is 12.1 Å². The molecule has 0 aromatic heterocycles. The van der Waals surface area contributed by atoms with Gasteiger partial charge in [-0.3, -0.25) is 4.79 Å². The standard InChI is InChI=1S/C17H25N3O3S/c1-18(2)24(22,23)20-10-5-8-16(13-20)17(21)19-11-9-14-6-3-4-7-15(14)12-19/h3-4,6-7,16H,5,8-13H2,1-2H3/t16-/m0/s1. The van der Waals surface area contributed by atoms with E-state index in [4.69, 9.17) is 0 Å². The highest BCUT2D eigenvalue weighted by Gasteiger charge is 2.35. The molecule has 6 nitrogen and oxygen atoms in total. The van der Waals surface area contributed by atoms with E-state index in [1.54, 1.807) is 0 Å². The molecule has 2 aliphatic rings. The molecule has 0 radical (unpaired) electrons. The minimum absolute atomic E-state index is 0.0863. The predicted molar refractivity (Wildman–Crippen MR) is 92.5 cm³/mol. The van der Waals surface area contributed by atoms with E-state index < -0.39 is 10.2 Å². The van der Waals surface area contributed by atoms with Gasteiger partial charge in [0.05, 0.1) is 5.92 Å². The molecule has 7 heteroatoms. The van der Waals surface area contributed by atoms with Gasteiger partial charge in [-0.2, -0.15) is 17.0 Å². The normalized spacial score (nSPS) is 22.5. The zero-order valence-corrected chi connectivity index (χ0v) is 15.1. The fourth-order valence-corrected chi connectivity index (χ4v) is 4.72. The summed E-state index contributed by atoms with van der Waals surface area (Å²) in [4.78, 5) is 14.8. The topological polar surface area (TPSA) is 60.9 Å². The average Bonchev–Trinajstić information content (AvgIpc) is 2.60. The fraction of sp³-hybridized carbons (Fsp3) is 0.588. The van der Waals surface area contributed by atoms with E-state index in [0.717, 1.165) is 19.3 Å². The summed E-state index contributed by atoms with van der Waals surface area (Å²) >= 11 is 0. The molecule has 1 aromatic carbocycles. The van der Waals surface area contributed by atoms with Crippen LogP contribution in [0, 0.1) is 5.92 Å². The Morgan fingerprint density at radius 3 is 2.58 bits per heavy atom. The Bertz CT molecular complexity index is 718. The smallest absolute Gasteiger partial charge is 0.281 e. The first-order valence-corrected chi connectivity index (χ1v) is 9.82. The van der Waals surface area contributed by atoms with Gasteiger partial charge in [0.15, 0.2) is 0 Å². The molecule has 1 atom stereocenters. The first-order valence-electron chi connectivity index (χ1n) is 8.43. The van der Waals surface area contributed by atoms with Crippen LogP contribution in [0.15, 0.2) is 24.3 Å². The lowest BCUT2D eigenvalue weighted by Gasteiger charge is -2.36. The third-order valence-corrected chi connectivity index (χ3v) is 6.87. The molecule has 1 aromatic rings. The number of carbonyl (C=O) groups is 1. The van der Waals surface area contributed by atoms with Crippen molar-refractivity contribution >= 4 is 16.1 Å². The number of nitrogens with zero attached hydrogens (tertiary/aromatic N) is 3. The highest BCUT2D eigenvalue weighted by Crippen LogP contribution is 2.25. The van der Waals surface area contributed by atoms with Gasteiger partial charge in [-0.25, -0.2) is 0 Å². The van der Waals surface area contributed by atoms with Crippen LogP contribution < -0.4 is 0 Å². The van der Waals surface area contributed by atoms with Crippen LogP contribution >= 0.6 is 0 Å². The Hall–Kier alpha value is -1.44. The highest BCUT2D eigenvalue weighted by atomic mass is 32.2. The van der Waals surface area contributed by atoms with Gasteiger partial charge in [0, 0.05) is 40.3 Å². The highest BCUT2D eigenvalue weighted by molar-refractivity contribution is 7.86. The predicted octanol–water partition coefficient (Wildman–Crippen LogP) is 1.09. The minimum atomic E-state index is -3.45. The first-order chi connectivity index (χ1) is 11.4. The molecule has 0 bridgehead atoms. The minimum Gasteiger partial charge on any atom is -0.338 e. The second kappa shape index (κ2) is 6.82. The van der Waals surface area contributed by atoms with Gasteiger partial charge in [-0.05, 0) is 30.4 Å². The molecule has 24 heavy (non-hydrogen) atoms. The molecule has 132 valence electrons. The molecule has 1 saturated heterocycles. The maximum Gasteiger partial charge on any atom is 0.281 e. The third-order valence-electron chi connectivity index (χ3n) is 4.96. The Kier molecular flexibility index (Phi) is 4.94. The molecule has 2 aliphatic heterocycles. The Balaban J connectivity index is 1.70. The van der Waals surface area contributed by atoms with Gasteiger partial charge in [0.2, 0.25) is 5.91 Å². The van der Waals surface area contributed by atoms with E-state index in [1.807, 2.05) is 17.0 Å².